The van der Waals surface area contributed by atoms with Gasteiger partial charge in [-0.2, -0.15) is 26.3 Å². The van der Waals surface area contributed by atoms with Crippen LogP contribution in [0.2, 0.25) is 0 Å². The van der Waals surface area contributed by atoms with Crippen LogP contribution in [0.5, 0.6) is 0 Å². The molecule has 2 fully saturated rings. The number of ether oxygens (including phenoxy) is 3. The topological polar surface area (TPSA) is 108 Å². The second kappa shape index (κ2) is 18.9. The number of carbonyl (C=O) groups excluding carboxylic acids is 2. The third kappa shape index (κ3) is 10.4. The van der Waals surface area contributed by atoms with Gasteiger partial charge in [-0.25, -0.2) is 4.79 Å². The summed E-state index contributed by atoms with van der Waals surface area (Å²) in [7, 11) is 0. The van der Waals surface area contributed by atoms with Gasteiger partial charge in [0.25, 0.3) is 0 Å². The first kappa shape index (κ1) is 46.1. The van der Waals surface area contributed by atoms with Gasteiger partial charge in [-0.05, 0) is 78.5 Å². The van der Waals surface area contributed by atoms with Gasteiger partial charge in [0.1, 0.15) is 18.8 Å². The zero-order valence-corrected chi connectivity index (χ0v) is 34.7. The van der Waals surface area contributed by atoms with Crippen molar-refractivity contribution in [2.75, 3.05) is 6.61 Å². The predicted octanol–water partition coefficient (Wildman–Crippen LogP) is 11.6. The fourth-order valence-electron chi connectivity index (χ4n) is 9.12. The summed E-state index contributed by atoms with van der Waals surface area (Å²) >= 11 is 0. The maximum Gasteiger partial charge on any atom is 0.416 e. The molecule has 6 rings (SSSR count). The van der Waals surface area contributed by atoms with Crippen molar-refractivity contribution in [3.8, 4) is 0 Å². The lowest BCUT2D eigenvalue weighted by Gasteiger charge is -2.51. The minimum Gasteiger partial charge on any atom is -0.462 e. The Morgan fingerprint density at radius 2 is 1.37 bits per heavy atom. The largest absolute Gasteiger partial charge is 0.462 e. The van der Waals surface area contributed by atoms with Crippen LogP contribution < -0.4 is 0 Å². The summed E-state index contributed by atoms with van der Waals surface area (Å²) in [6.07, 6.45) is -11.1. The first-order chi connectivity index (χ1) is 29.3. The number of piperidine rings is 1. The van der Waals surface area contributed by atoms with E-state index >= 15 is 0 Å². The Morgan fingerprint density at radius 1 is 0.806 bits per heavy atom. The summed E-state index contributed by atoms with van der Waals surface area (Å²) in [5.41, 5.74) is -3.54. The van der Waals surface area contributed by atoms with E-state index in [-0.39, 0.29) is 31.4 Å². The van der Waals surface area contributed by atoms with Crippen molar-refractivity contribution in [2.45, 2.75) is 120 Å². The van der Waals surface area contributed by atoms with Gasteiger partial charge in [-0.3, -0.25) is 19.8 Å². The molecule has 15 heteroatoms. The highest BCUT2D eigenvalue weighted by molar-refractivity contribution is 5.74. The predicted molar refractivity (Wildman–Crippen MR) is 217 cm³/mol. The van der Waals surface area contributed by atoms with Crippen LogP contribution in [0.4, 0.5) is 31.1 Å². The maximum absolute atomic E-state index is 14.7. The number of rotatable bonds is 13. The molecule has 1 aliphatic carbocycles. The smallest absolute Gasteiger partial charge is 0.416 e. The standard InChI is InChI=1S/C47H50F6N2O7/c1-31(33-25-36(46(48,49)50)27-37(26-33)47(51,52)53)61-30-45(35-19-11-6-12-20-35)24-23-39(55(58)59)40(54(45)43(57)60-29-32-15-7-4-8-16-32)28-42(56)62-41-22-14-13-21-38(41)44(2,3)34-17-9-5-10-18-34/h4-12,15-20,25-27,31,38-41H,13-14,21-24,28-30H2,1-3H3/t31-,38+,39+,40-,41?,45?/m1/s1. The quantitative estimate of drug-likeness (QED) is 0.0570. The van der Waals surface area contributed by atoms with Gasteiger partial charge >= 0.3 is 24.4 Å². The molecule has 9 nitrogen and oxygen atoms in total. The highest BCUT2D eigenvalue weighted by Gasteiger charge is 2.57. The zero-order chi connectivity index (χ0) is 44.9. The molecule has 0 radical (unpaired) electrons. The number of nitrogens with zero attached hydrogens (tertiary/aromatic N) is 2. The Balaban J connectivity index is 1.39. The molecule has 6 atom stereocenters. The maximum atomic E-state index is 14.7. The van der Waals surface area contributed by atoms with Gasteiger partial charge in [0.05, 0.1) is 35.8 Å². The molecule has 4 aromatic carbocycles. The van der Waals surface area contributed by atoms with Crippen LogP contribution in [0.1, 0.15) is 105 Å². The normalized spacial score (nSPS) is 22.7. The Hall–Kier alpha value is -5.44. The summed E-state index contributed by atoms with van der Waals surface area (Å²) in [4.78, 5) is 42.5. The molecular weight excluding hydrogens is 819 g/mol. The number of esters is 1. The second-order valence-electron chi connectivity index (χ2n) is 16.8. The van der Waals surface area contributed by atoms with Gasteiger partial charge in [0.15, 0.2) is 0 Å². The average Bonchev–Trinajstić information content (AvgIpc) is 3.25. The Bertz CT molecular complexity index is 2120. The van der Waals surface area contributed by atoms with E-state index in [1.807, 2.05) is 30.3 Å². The average molecular weight is 869 g/mol. The molecule has 1 heterocycles. The number of hydrogen-bond acceptors (Lipinski definition) is 7. The molecule has 1 amide bonds. The van der Waals surface area contributed by atoms with E-state index in [2.05, 4.69) is 13.8 Å². The van der Waals surface area contributed by atoms with E-state index in [1.165, 1.54) is 6.92 Å². The van der Waals surface area contributed by atoms with Gasteiger partial charge in [0, 0.05) is 17.3 Å². The number of nitro groups is 1. The first-order valence-corrected chi connectivity index (χ1v) is 20.7. The Kier molecular flexibility index (Phi) is 14.0. The molecule has 4 aromatic rings. The van der Waals surface area contributed by atoms with Crippen LogP contribution in [-0.2, 0) is 48.9 Å². The van der Waals surface area contributed by atoms with E-state index in [0.29, 0.717) is 29.7 Å². The van der Waals surface area contributed by atoms with Crippen molar-refractivity contribution in [3.63, 3.8) is 0 Å². The molecule has 0 aromatic heterocycles. The lowest BCUT2D eigenvalue weighted by Crippen LogP contribution is -2.65. The van der Waals surface area contributed by atoms with Crippen molar-refractivity contribution in [1.82, 2.24) is 4.90 Å². The third-order valence-corrected chi connectivity index (χ3v) is 12.5. The number of alkyl halides is 6. The van der Waals surface area contributed by atoms with Crippen molar-refractivity contribution in [2.24, 2.45) is 5.92 Å². The molecule has 1 saturated heterocycles. The minimum atomic E-state index is -5.11. The summed E-state index contributed by atoms with van der Waals surface area (Å²) < 4.78 is 102. The molecule has 2 aliphatic rings. The highest BCUT2D eigenvalue weighted by Crippen LogP contribution is 2.46. The third-order valence-electron chi connectivity index (χ3n) is 12.5. The monoisotopic (exact) mass is 868 g/mol. The molecule has 332 valence electrons. The SMILES string of the molecule is C[C@@H](OCC1(c2ccccc2)CC[C@H]([N+](=O)[O-])[C@@H](CC(=O)OC2CCCC[C@@H]2C(C)(C)c2ccccc2)N1C(=O)OCc1ccccc1)c1cc(C(F)(F)F)cc(C(F)(F)F)c1. The molecule has 0 bridgehead atoms. The van der Waals surface area contributed by atoms with Crippen LogP contribution in [0.25, 0.3) is 0 Å². The van der Waals surface area contributed by atoms with Crippen LogP contribution in [0, 0.1) is 16.0 Å². The Morgan fingerprint density at radius 3 is 1.95 bits per heavy atom. The van der Waals surface area contributed by atoms with Crippen molar-refractivity contribution in [3.05, 3.63) is 153 Å². The Labute approximate surface area is 356 Å². The van der Waals surface area contributed by atoms with E-state index in [9.17, 15) is 46.0 Å². The second-order valence-corrected chi connectivity index (χ2v) is 16.8. The van der Waals surface area contributed by atoms with Gasteiger partial charge < -0.3 is 14.2 Å². The highest BCUT2D eigenvalue weighted by atomic mass is 19.4. The molecule has 1 saturated carbocycles. The first-order valence-electron chi connectivity index (χ1n) is 20.7. The van der Waals surface area contributed by atoms with E-state index < -0.39 is 94.3 Å². The number of carbonyl (C=O) groups is 2. The van der Waals surface area contributed by atoms with Crippen molar-refractivity contribution >= 4 is 12.1 Å². The van der Waals surface area contributed by atoms with Crippen LogP contribution in [0.15, 0.2) is 109 Å². The summed E-state index contributed by atoms with van der Waals surface area (Å²) in [5.74, 6) is -0.871. The van der Waals surface area contributed by atoms with Crippen molar-refractivity contribution < 1.29 is 55.1 Å². The molecule has 62 heavy (non-hydrogen) atoms. The molecule has 0 N–H and O–H groups in total. The minimum absolute atomic E-state index is 0.0207. The summed E-state index contributed by atoms with van der Waals surface area (Å²) in [5, 5.41) is 12.9. The van der Waals surface area contributed by atoms with E-state index in [0.717, 1.165) is 29.7 Å². The summed E-state index contributed by atoms with van der Waals surface area (Å²) in [6, 6.07) is 24.9. The molecule has 1 aliphatic heterocycles. The zero-order valence-electron chi connectivity index (χ0n) is 34.7. The molecule has 0 spiro atoms. The van der Waals surface area contributed by atoms with E-state index in [1.54, 1.807) is 60.7 Å². The van der Waals surface area contributed by atoms with Crippen molar-refractivity contribution in [1.29, 1.82) is 0 Å². The van der Waals surface area contributed by atoms with Gasteiger partial charge in [0.2, 0.25) is 6.04 Å². The fraction of sp³-hybridized carbons (Fsp3) is 0.447. The summed E-state index contributed by atoms with van der Waals surface area (Å²) in [6.45, 7) is 4.64. The molecule has 2 unspecified atom stereocenters. The number of halogens is 6. The van der Waals surface area contributed by atoms with Crippen LogP contribution in [0.3, 0.4) is 0 Å². The number of hydrogen-bond donors (Lipinski definition) is 0. The number of amides is 1. The van der Waals surface area contributed by atoms with Crippen LogP contribution in [-0.4, -0.2) is 46.7 Å². The number of likely N-dealkylation sites (tertiary alicyclic amines) is 1. The van der Waals surface area contributed by atoms with Crippen LogP contribution >= 0.6 is 0 Å². The fourth-order valence-corrected chi connectivity index (χ4v) is 9.12. The lowest BCUT2D eigenvalue weighted by molar-refractivity contribution is -0.536. The molecular formula is C47H50F6N2O7. The van der Waals surface area contributed by atoms with E-state index in [4.69, 9.17) is 14.2 Å². The van der Waals surface area contributed by atoms with Gasteiger partial charge in [-0.1, -0.05) is 111 Å². The lowest BCUT2D eigenvalue weighted by atomic mass is 9.66. The number of benzene rings is 4. The van der Waals surface area contributed by atoms with Gasteiger partial charge in [-0.15, -0.1) is 0 Å².